The molecule has 0 aromatic heterocycles. The van der Waals surface area contributed by atoms with Crippen molar-refractivity contribution in [2.75, 3.05) is 0 Å². The molecule has 1 rings (SSSR count). The highest BCUT2D eigenvalue weighted by Crippen LogP contribution is 2.20. The standard InChI is InChI=1S/C11H14O3/c1-11(2,14)9-5-3-4-8(6-9)7-10(12)13/h3-6,14H,7H2,1-2H3,(H,12,13). The van der Waals surface area contributed by atoms with E-state index in [0.717, 1.165) is 5.56 Å². The number of aliphatic carboxylic acids is 1. The van der Waals surface area contributed by atoms with Crippen molar-refractivity contribution in [1.82, 2.24) is 0 Å². The van der Waals surface area contributed by atoms with Crippen LogP contribution >= 0.6 is 0 Å². The normalized spacial score (nSPS) is 11.4. The van der Waals surface area contributed by atoms with Crippen LogP contribution in [0.1, 0.15) is 25.0 Å². The summed E-state index contributed by atoms with van der Waals surface area (Å²) in [7, 11) is 0. The Hall–Kier alpha value is -1.35. The zero-order chi connectivity index (χ0) is 10.8. The molecule has 0 atom stereocenters. The van der Waals surface area contributed by atoms with Gasteiger partial charge in [0.15, 0.2) is 0 Å². The van der Waals surface area contributed by atoms with Gasteiger partial charge >= 0.3 is 5.97 Å². The number of hydrogen-bond donors (Lipinski definition) is 2. The number of carboxylic acids is 1. The zero-order valence-electron chi connectivity index (χ0n) is 8.32. The molecule has 0 aliphatic carbocycles. The first-order valence-corrected chi connectivity index (χ1v) is 4.43. The smallest absolute Gasteiger partial charge is 0.307 e. The van der Waals surface area contributed by atoms with E-state index in [4.69, 9.17) is 5.11 Å². The maximum atomic E-state index is 10.5. The molecule has 0 heterocycles. The van der Waals surface area contributed by atoms with Crippen LogP contribution in [0, 0.1) is 0 Å². The summed E-state index contributed by atoms with van der Waals surface area (Å²) in [5.41, 5.74) is 0.516. The lowest BCUT2D eigenvalue weighted by Gasteiger charge is -2.18. The monoisotopic (exact) mass is 194 g/mol. The lowest BCUT2D eigenvalue weighted by atomic mass is 9.96. The van der Waals surface area contributed by atoms with Gasteiger partial charge in [-0.1, -0.05) is 24.3 Å². The predicted octanol–water partition coefficient (Wildman–Crippen LogP) is 1.54. The summed E-state index contributed by atoms with van der Waals surface area (Å²) in [6, 6.07) is 6.99. The molecule has 0 unspecified atom stereocenters. The van der Waals surface area contributed by atoms with Gasteiger partial charge < -0.3 is 10.2 Å². The van der Waals surface area contributed by atoms with Crippen LogP contribution in [-0.2, 0) is 16.8 Å². The van der Waals surface area contributed by atoms with Crippen molar-refractivity contribution in [3.05, 3.63) is 35.4 Å². The molecule has 2 N–H and O–H groups in total. The van der Waals surface area contributed by atoms with E-state index in [0.29, 0.717) is 5.56 Å². The summed E-state index contributed by atoms with van der Waals surface area (Å²) in [6.45, 7) is 3.35. The van der Waals surface area contributed by atoms with Crippen molar-refractivity contribution in [2.45, 2.75) is 25.9 Å². The Kier molecular flexibility index (Phi) is 2.91. The summed E-state index contributed by atoms with van der Waals surface area (Å²) < 4.78 is 0. The number of carboxylic acid groups (broad SMARTS) is 1. The number of rotatable bonds is 3. The van der Waals surface area contributed by atoms with Crippen LogP contribution in [0.4, 0.5) is 0 Å². The van der Waals surface area contributed by atoms with Gasteiger partial charge in [-0.15, -0.1) is 0 Å². The molecular weight excluding hydrogens is 180 g/mol. The average molecular weight is 194 g/mol. The summed E-state index contributed by atoms with van der Waals surface area (Å²) in [5, 5.41) is 18.3. The molecule has 3 nitrogen and oxygen atoms in total. The third-order valence-corrected chi connectivity index (χ3v) is 1.99. The topological polar surface area (TPSA) is 57.5 Å². The summed E-state index contributed by atoms with van der Waals surface area (Å²) in [4.78, 5) is 10.5. The number of hydrogen-bond acceptors (Lipinski definition) is 2. The molecule has 0 saturated heterocycles. The van der Waals surface area contributed by atoms with Gasteiger partial charge in [0.1, 0.15) is 0 Å². The number of benzene rings is 1. The largest absolute Gasteiger partial charge is 0.481 e. The van der Waals surface area contributed by atoms with E-state index in [1.165, 1.54) is 0 Å². The van der Waals surface area contributed by atoms with E-state index in [2.05, 4.69) is 0 Å². The Labute approximate surface area is 83.0 Å². The second-order valence-corrected chi connectivity index (χ2v) is 3.83. The zero-order valence-corrected chi connectivity index (χ0v) is 8.32. The second-order valence-electron chi connectivity index (χ2n) is 3.83. The Morgan fingerprint density at radius 3 is 2.57 bits per heavy atom. The number of aliphatic hydroxyl groups is 1. The van der Waals surface area contributed by atoms with Gasteiger partial charge in [0.05, 0.1) is 12.0 Å². The first-order valence-electron chi connectivity index (χ1n) is 4.43. The maximum absolute atomic E-state index is 10.5. The van der Waals surface area contributed by atoms with Gasteiger partial charge in [-0.3, -0.25) is 4.79 Å². The molecule has 1 aromatic carbocycles. The lowest BCUT2D eigenvalue weighted by Crippen LogP contribution is -2.15. The van der Waals surface area contributed by atoms with E-state index in [-0.39, 0.29) is 6.42 Å². The van der Waals surface area contributed by atoms with Crippen molar-refractivity contribution in [1.29, 1.82) is 0 Å². The molecule has 14 heavy (non-hydrogen) atoms. The lowest BCUT2D eigenvalue weighted by molar-refractivity contribution is -0.136. The molecule has 76 valence electrons. The molecule has 0 radical (unpaired) electrons. The minimum absolute atomic E-state index is 0.0100. The van der Waals surface area contributed by atoms with E-state index in [1.54, 1.807) is 38.1 Å². The first-order chi connectivity index (χ1) is 6.39. The van der Waals surface area contributed by atoms with Crippen molar-refractivity contribution in [3.63, 3.8) is 0 Å². The van der Waals surface area contributed by atoms with E-state index in [9.17, 15) is 9.90 Å². The van der Waals surface area contributed by atoms with Gasteiger partial charge in [0.2, 0.25) is 0 Å². The highest BCUT2D eigenvalue weighted by atomic mass is 16.4. The minimum atomic E-state index is -0.922. The first kappa shape index (κ1) is 10.7. The van der Waals surface area contributed by atoms with E-state index < -0.39 is 11.6 Å². The van der Waals surface area contributed by atoms with Gasteiger partial charge in [-0.25, -0.2) is 0 Å². The van der Waals surface area contributed by atoms with Crippen LogP contribution in [0.2, 0.25) is 0 Å². The Bertz CT molecular complexity index is 337. The van der Waals surface area contributed by atoms with Crippen molar-refractivity contribution in [2.24, 2.45) is 0 Å². The number of carbonyl (C=O) groups is 1. The summed E-state index contributed by atoms with van der Waals surface area (Å²) in [5.74, 6) is -0.863. The maximum Gasteiger partial charge on any atom is 0.307 e. The fourth-order valence-electron chi connectivity index (χ4n) is 1.24. The molecular formula is C11H14O3. The van der Waals surface area contributed by atoms with Gasteiger partial charge in [0.25, 0.3) is 0 Å². The van der Waals surface area contributed by atoms with Gasteiger partial charge in [-0.2, -0.15) is 0 Å². The molecule has 0 fully saturated rings. The third-order valence-electron chi connectivity index (χ3n) is 1.99. The Balaban J connectivity index is 2.95. The predicted molar refractivity (Wildman–Crippen MR) is 53.0 cm³/mol. The molecule has 0 bridgehead atoms. The fourth-order valence-corrected chi connectivity index (χ4v) is 1.24. The average Bonchev–Trinajstić information content (AvgIpc) is 2.01. The summed E-state index contributed by atoms with van der Waals surface area (Å²) >= 11 is 0. The Morgan fingerprint density at radius 2 is 2.07 bits per heavy atom. The van der Waals surface area contributed by atoms with Crippen LogP contribution in [0.25, 0.3) is 0 Å². The molecule has 0 amide bonds. The van der Waals surface area contributed by atoms with Crippen molar-refractivity contribution >= 4 is 5.97 Å². The van der Waals surface area contributed by atoms with Gasteiger partial charge in [-0.05, 0) is 25.0 Å². The van der Waals surface area contributed by atoms with Crippen LogP contribution in [0.5, 0.6) is 0 Å². The minimum Gasteiger partial charge on any atom is -0.481 e. The third kappa shape index (κ3) is 2.85. The quantitative estimate of drug-likeness (QED) is 0.767. The molecule has 0 aliphatic rings. The molecule has 1 aromatic rings. The molecule has 0 aliphatic heterocycles. The molecule has 0 saturated carbocycles. The summed E-state index contributed by atoms with van der Waals surface area (Å²) in [6.07, 6.45) is -0.0100. The highest BCUT2D eigenvalue weighted by Gasteiger charge is 2.16. The molecule has 3 heteroatoms. The van der Waals surface area contributed by atoms with E-state index >= 15 is 0 Å². The van der Waals surface area contributed by atoms with Crippen LogP contribution in [0.3, 0.4) is 0 Å². The van der Waals surface area contributed by atoms with Gasteiger partial charge in [0, 0.05) is 0 Å². The van der Waals surface area contributed by atoms with Crippen LogP contribution in [0.15, 0.2) is 24.3 Å². The van der Waals surface area contributed by atoms with Crippen LogP contribution in [-0.4, -0.2) is 16.2 Å². The van der Waals surface area contributed by atoms with E-state index in [1.807, 2.05) is 0 Å². The Morgan fingerprint density at radius 1 is 1.43 bits per heavy atom. The highest BCUT2D eigenvalue weighted by molar-refractivity contribution is 5.70. The van der Waals surface area contributed by atoms with Crippen molar-refractivity contribution in [3.8, 4) is 0 Å². The molecule has 0 spiro atoms. The van der Waals surface area contributed by atoms with Crippen LogP contribution < -0.4 is 0 Å². The fraction of sp³-hybridized carbons (Fsp3) is 0.364. The van der Waals surface area contributed by atoms with Crippen molar-refractivity contribution < 1.29 is 15.0 Å². The SMILES string of the molecule is CC(C)(O)c1cccc(CC(=O)O)c1. The second kappa shape index (κ2) is 3.80.